The van der Waals surface area contributed by atoms with Crippen molar-refractivity contribution in [3.8, 4) is 11.5 Å². The summed E-state index contributed by atoms with van der Waals surface area (Å²) in [6.45, 7) is 1.76. The maximum atomic E-state index is 13.0. The summed E-state index contributed by atoms with van der Waals surface area (Å²) in [5.74, 6) is -0.00575. The smallest absolute Gasteiger partial charge is 0.348 e. The van der Waals surface area contributed by atoms with Gasteiger partial charge in [0.05, 0.1) is 38.2 Å². The molecule has 0 saturated heterocycles. The van der Waals surface area contributed by atoms with Crippen molar-refractivity contribution >= 4 is 39.1 Å². The molecule has 11 heteroatoms. The predicted octanol–water partition coefficient (Wildman–Crippen LogP) is 2.23. The van der Waals surface area contributed by atoms with Crippen molar-refractivity contribution in [3.05, 3.63) is 45.3 Å². The molecule has 2 aromatic heterocycles. The van der Waals surface area contributed by atoms with Crippen LogP contribution >= 0.6 is 11.3 Å². The molecule has 1 amide bonds. The molecule has 32 heavy (non-hydrogen) atoms. The number of aromatic nitrogens is 2. The number of hydrogen-bond donors (Lipinski definition) is 1. The first kappa shape index (κ1) is 23.2. The molecule has 0 radical (unpaired) electrons. The highest BCUT2D eigenvalue weighted by atomic mass is 32.1. The van der Waals surface area contributed by atoms with E-state index in [4.69, 9.17) is 18.9 Å². The number of fused-ring (bicyclic) bond motifs is 1. The van der Waals surface area contributed by atoms with Gasteiger partial charge in [0.25, 0.3) is 5.56 Å². The summed E-state index contributed by atoms with van der Waals surface area (Å²) in [4.78, 5) is 42.8. The van der Waals surface area contributed by atoms with Gasteiger partial charge in [0.1, 0.15) is 34.4 Å². The molecule has 1 aromatic carbocycles. The number of thiophene rings is 1. The molecule has 1 N–H and O–H groups in total. The summed E-state index contributed by atoms with van der Waals surface area (Å²) in [6.07, 6.45) is 1.28. The first-order chi connectivity index (χ1) is 15.4. The second kappa shape index (κ2) is 10.2. The van der Waals surface area contributed by atoms with Crippen LogP contribution in [0.4, 0.5) is 5.69 Å². The van der Waals surface area contributed by atoms with Crippen LogP contribution in [0.1, 0.15) is 15.2 Å². The molecule has 0 aliphatic rings. The minimum absolute atomic E-state index is 0.106. The topological polar surface area (TPSA) is 118 Å². The first-order valence-electron chi connectivity index (χ1n) is 9.56. The summed E-state index contributed by atoms with van der Waals surface area (Å²) in [7, 11) is 4.50. The predicted molar refractivity (Wildman–Crippen MR) is 119 cm³/mol. The molecule has 3 rings (SSSR count). The molecule has 0 atom stereocenters. The van der Waals surface area contributed by atoms with Crippen LogP contribution in [0.5, 0.6) is 11.5 Å². The Bertz CT molecular complexity index is 1200. The molecule has 0 spiro atoms. The number of carbonyl (C=O) groups excluding carboxylic acids is 2. The lowest BCUT2D eigenvalue weighted by molar-refractivity contribution is -0.116. The third kappa shape index (κ3) is 4.89. The minimum Gasteiger partial charge on any atom is -0.497 e. The highest BCUT2D eigenvalue weighted by molar-refractivity contribution is 7.20. The van der Waals surface area contributed by atoms with Crippen LogP contribution in [0.15, 0.2) is 29.3 Å². The average molecular weight is 461 g/mol. The Labute approximate surface area is 187 Å². The third-order valence-electron chi connectivity index (χ3n) is 4.62. The van der Waals surface area contributed by atoms with E-state index in [1.165, 1.54) is 32.2 Å². The maximum Gasteiger partial charge on any atom is 0.348 e. The minimum atomic E-state index is -0.545. The molecular formula is C21H23N3O7S. The Hall–Kier alpha value is -3.44. The van der Waals surface area contributed by atoms with Crippen molar-refractivity contribution in [3.63, 3.8) is 0 Å². The highest BCUT2D eigenvalue weighted by Gasteiger charge is 2.21. The SMILES string of the molecule is COCCOC(=O)c1sc2ncn(CC(=O)Nc3cc(OC)ccc3OC)c(=O)c2c1C. The van der Waals surface area contributed by atoms with E-state index in [-0.39, 0.29) is 25.1 Å². The van der Waals surface area contributed by atoms with Crippen molar-refractivity contribution in [2.45, 2.75) is 13.5 Å². The molecule has 2 heterocycles. The zero-order valence-electron chi connectivity index (χ0n) is 18.1. The Balaban J connectivity index is 1.83. The zero-order chi connectivity index (χ0) is 23.3. The monoisotopic (exact) mass is 461 g/mol. The standard InChI is InChI=1S/C21H23N3O7S/c1-12-17-19(32-18(12)21(27)31-8-7-28-2)22-11-24(20(17)26)10-16(25)23-14-9-13(29-3)5-6-15(14)30-4/h5-6,9,11H,7-8,10H2,1-4H3,(H,23,25). The van der Waals surface area contributed by atoms with Crippen LogP contribution in [0, 0.1) is 6.92 Å². The highest BCUT2D eigenvalue weighted by Crippen LogP contribution is 2.29. The summed E-state index contributed by atoms with van der Waals surface area (Å²) < 4.78 is 21.6. The molecule has 170 valence electrons. The van der Waals surface area contributed by atoms with Gasteiger partial charge in [-0.15, -0.1) is 11.3 Å². The lowest BCUT2D eigenvalue weighted by Crippen LogP contribution is -2.28. The van der Waals surface area contributed by atoms with Crippen LogP contribution in [0.25, 0.3) is 10.2 Å². The Morgan fingerprint density at radius 1 is 1.16 bits per heavy atom. The van der Waals surface area contributed by atoms with E-state index in [9.17, 15) is 14.4 Å². The number of ether oxygens (including phenoxy) is 4. The van der Waals surface area contributed by atoms with E-state index in [1.54, 1.807) is 25.1 Å². The third-order valence-corrected chi connectivity index (χ3v) is 5.80. The van der Waals surface area contributed by atoms with E-state index < -0.39 is 17.4 Å². The number of methoxy groups -OCH3 is 3. The Morgan fingerprint density at radius 3 is 2.62 bits per heavy atom. The van der Waals surface area contributed by atoms with Crippen molar-refractivity contribution < 1.29 is 28.5 Å². The zero-order valence-corrected chi connectivity index (χ0v) is 18.9. The van der Waals surface area contributed by atoms with Crippen LogP contribution in [0.3, 0.4) is 0 Å². The van der Waals surface area contributed by atoms with Gasteiger partial charge in [-0.2, -0.15) is 0 Å². The number of esters is 1. The number of nitrogens with one attached hydrogen (secondary N) is 1. The summed E-state index contributed by atoms with van der Waals surface area (Å²) >= 11 is 1.07. The van der Waals surface area contributed by atoms with Crippen molar-refractivity contribution in [1.29, 1.82) is 0 Å². The van der Waals surface area contributed by atoms with E-state index in [0.717, 1.165) is 11.3 Å². The quantitative estimate of drug-likeness (QED) is 0.381. The van der Waals surface area contributed by atoms with E-state index in [2.05, 4.69) is 10.3 Å². The van der Waals surface area contributed by atoms with Crippen LogP contribution in [-0.2, 0) is 20.8 Å². The molecule has 0 saturated carbocycles. The summed E-state index contributed by atoms with van der Waals surface area (Å²) in [6, 6.07) is 4.98. The number of amides is 1. The molecule has 0 bridgehead atoms. The van der Waals surface area contributed by atoms with Crippen molar-refractivity contribution in [2.75, 3.05) is 39.9 Å². The van der Waals surface area contributed by atoms with Gasteiger partial charge in [0.15, 0.2) is 0 Å². The molecule has 0 fully saturated rings. The maximum absolute atomic E-state index is 13.0. The van der Waals surface area contributed by atoms with Crippen molar-refractivity contribution in [2.24, 2.45) is 0 Å². The Kier molecular flexibility index (Phi) is 7.44. The van der Waals surface area contributed by atoms with Crippen LogP contribution < -0.4 is 20.3 Å². The van der Waals surface area contributed by atoms with E-state index in [0.29, 0.717) is 32.5 Å². The van der Waals surface area contributed by atoms with Crippen LogP contribution in [0.2, 0.25) is 0 Å². The lowest BCUT2D eigenvalue weighted by atomic mass is 10.2. The molecule has 0 unspecified atom stereocenters. The second-order valence-electron chi connectivity index (χ2n) is 6.66. The average Bonchev–Trinajstić information content (AvgIpc) is 3.12. The van der Waals surface area contributed by atoms with Gasteiger partial charge in [-0.05, 0) is 24.6 Å². The number of nitrogens with zero attached hydrogens (tertiary/aromatic N) is 2. The fourth-order valence-corrected chi connectivity index (χ4v) is 4.04. The largest absolute Gasteiger partial charge is 0.497 e. The van der Waals surface area contributed by atoms with Gasteiger partial charge >= 0.3 is 5.97 Å². The van der Waals surface area contributed by atoms with Gasteiger partial charge in [0, 0.05) is 13.2 Å². The lowest BCUT2D eigenvalue weighted by Gasteiger charge is -2.12. The van der Waals surface area contributed by atoms with E-state index >= 15 is 0 Å². The number of hydrogen-bond acceptors (Lipinski definition) is 9. The molecule has 0 aliphatic heterocycles. The van der Waals surface area contributed by atoms with Gasteiger partial charge in [-0.25, -0.2) is 9.78 Å². The first-order valence-corrected chi connectivity index (χ1v) is 10.4. The van der Waals surface area contributed by atoms with Crippen molar-refractivity contribution in [1.82, 2.24) is 9.55 Å². The number of rotatable bonds is 9. The van der Waals surface area contributed by atoms with Gasteiger partial charge in [-0.3, -0.25) is 14.2 Å². The second-order valence-corrected chi connectivity index (χ2v) is 7.66. The molecule has 10 nitrogen and oxygen atoms in total. The fourth-order valence-electron chi connectivity index (χ4n) is 3.01. The molecule has 0 aliphatic carbocycles. The fraction of sp³-hybridized carbons (Fsp3) is 0.333. The molecule has 3 aromatic rings. The van der Waals surface area contributed by atoms with Gasteiger partial charge in [-0.1, -0.05) is 0 Å². The normalized spacial score (nSPS) is 10.8. The number of carbonyl (C=O) groups is 2. The Morgan fingerprint density at radius 2 is 1.94 bits per heavy atom. The number of aryl methyl sites for hydroxylation is 1. The van der Waals surface area contributed by atoms with Gasteiger partial charge < -0.3 is 24.3 Å². The summed E-state index contributed by atoms with van der Waals surface area (Å²) in [5, 5.41) is 2.99. The molecular weight excluding hydrogens is 438 g/mol. The van der Waals surface area contributed by atoms with E-state index in [1.807, 2.05) is 0 Å². The summed E-state index contributed by atoms with van der Waals surface area (Å²) in [5.41, 5.74) is 0.452. The number of anilines is 1. The van der Waals surface area contributed by atoms with Gasteiger partial charge in [0.2, 0.25) is 5.91 Å². The number of benzene rings is 1. The van der Waals surface area contributed by atoms with Crippen LogP contribution in [-0.4, -0.2) is 56.0 Å².